The van der Waals surface area contributed by atoms with E-state index >= 15 is 0 Å². The van der Waals surface area contributed by atoms with E-state index in [-0.39, 0.29) is 0 Å². The van der Waals surface area contributed by atoms with Crippen LogP contribution in [0.2, 0.25) is 10.0 Å². The third-order valence-electron chi connectivity index (χ3n) is 4.04. The van der Waals surface area contributed by atoms with Crippen molar-refractivity contribution in [2.75, 3.05) is 7.05 Å². The first-order valence-electron chi connectivity index (χ1n) is 6.85. The number of hydrogen-bond acceptors (Lipinski definition) is 1. The second-order valence-electron chi connectivity index (χ2n) is 6.39. The maximum absolute atomic E-state index is 6.24. The van der Waals surface area contributed by atoms with Crippen LogP contribution < -0.4 is 5.32 Å². The van der Waals surface area contributed by atoms with Crippen molar-refractivity contribution >= 4 is 23.2 Å². The molecule has 0 aliphatic rings. The van der Waals surface area contributed by atoms with Gasteiger partial charge in [0.2, 0.25) is 0 Å². The van der Waals surface area contributed by atoms with Crippen molar-refractivity contribution in [1.82, 2.24) is 5.32 Å². The van der Waals surface area contributed by atoms with Crippen LogP contribution in [0.5, 0.6) is 0 Å². The molecule has 0 bridgehead atoms. The van der Waals surface area contributed by atoms with Gasteiger partial charge in [0, 0.05) is 16.1 Å². The first-order valence-corrected chi connectivity index (χ1v) is 7.61. The summed E-state index contributed by atoms with van der Waals surface area (Å²) in [6, 6.07) is 6.10. The molecule has 0 radical (unpaired) electrons. The molecular formula is C16H25Cl2N. The van der Waals surface area contributed by atoms with Gasteiger partial charge < -0.3 is 5.32 Å². The van der Waals surface area contributed by atoms with E-state index in [1.807, 2.05) is 25.2 Å². The zero-order chi connectivity index (χ0) is 14.6. The Bertz CT molecular complexity index is 389. The Morgan fingerprint density at radius 3 is 2.11 bits per heavy atom. The first-order chi connectivity index (χ1) is 8.75. The number of hydrogen-bond donors (Lipinski definition) is 1. The summed E-state index contributed by atoms with van der Waals surface area (Å²) >= 11 is 12.5. The zero-order valence-corrected chi connectivity index (χ0v) is 14.1. The van der Waals surface area contributed by atoms with E-state index in [1.165, 1.54) is 0 Å². The summed E-state index contributed by atoms with van der Waals surface area (Å²) in [6.45, 7) is 9.16. The van der Waals surface area contributed by atoms with Crippen molar-refractivity contribution in [2.45, 2.75) is 46.6 Å². The molecule has 1 aromatic rings. The molecule has 1 rings (SSSR count). The molecule has 1 nitrogen and oxygen atoms in total. The average molecular weight is 302 g/mol. The second-order valence-corrected chi connectivity index (χ2v) is 7.21. The summed E-state index contributed by atoms with van der Waals surface area (Å²) in [4.78, 5) is 0. The van der Waals surface area contributed by atoms with Crippen molar-refractivity contribution in [3.63, 3.8) is 0 Å². The molecule has 0 aromatic heterocycles. The molecule has 0 heterocycles. The van der Waals surface area contributed by atoms with Gasteiger partial charge in [-0.1, -0.05) is 57.0 Å². The molecule has 108 valence electrons. The van der Waals surface area contributed by atoms with Crippen LogP contribution in [0.1, 0.15) is 39.7 Å². The molecule has 1 aromatic carbocycles. The van der Waals surface area contributed by atoms with Crippen LogP contribution in [0.15, 0.2) is 18.2 Å². The number of rotatable bonds is 5. The second kappa shape index (κ2) is 6.97. The summed E-state index contributed by atoms with van der Waals surface area (Å²) < 4.78 is 0. The van der Waals surface area contributed by atoms with E-state index in [4.69, 9.17) is 23.2 Å². The van der Waals surface area contributed by atoms with Crippen LogP contribution >= 0.6 is 23.2 Å². The van der Waals surface area contributed by atoms with Gasteiger partial charge in [0.25, 0.3) is 0 Å². The fourth-order valence-corrected chi connectivity index (χ4v) is 2.61. The van der Waals surface area contributed by atoms with Gasteiger partial charge in [-0.15, -0.1) is 0 Å². The molecule has 0 amide bonds. The summed E-state index contributed by atoms with van der Waals surface area (Å²) in [6.07, 6.45) is 1.98. The maximum Gasteiger partial charge on any atom is 0.0453 e. The third kappa shape index (κ3) is 4.98. The molecule has 2 unspecified atom stereocenters. The highest BCUT2D eigenvalue weighted by Crippen LogP contribution is 2.31. The number of nitrogens with one attached hydrogen (secondary N) is 1. The van der Waals surface area contributed by atoms with Gasteiger partial charge in [-0.05, 0) is 48.9 Å². The maximum atomic E-state index is 6.24. The van der Waals surface area contributed by atoms with Crippen LogP contribution in [0.3, 0.4) is 0 Å². The average Bonchev–Trinajstić information content (AvgIpc) is 2.31. The molecule has 2 atom stereocenters. The highest BCUT2D eigenvalue weighted by molar-refractivity contribution is 6.35. The summed E-state index contributed by atoms with van der Waals surface area (Å²) in [5.41, 5.74) is 1.37. The third-order valence-corrected chi connectivity index (χ3v) is 4.75. The number of benzene rings is 1. The molecule has 0 fully saturated rings. The molecule has 0 aliphatic heterocycles. The summed E-state index contributed by atoms with van der Waals surface area (Å²) in [7, 11) is 2.00. The quantitative estimate of drug-likeness (QED) is 0.788. The van der Waals surface area contributed by atoms with Crippen molar-refractivity contribution in [1.29, 1.82) is 0 Å². The first kappa shape index (κ1) is 16.8. The lowest BCUT2D eigenvalue weighted by molar-refractivity contribution is 0.225. The van der Waals surface area contributed by atoms with Crippen LogP contribution in [0, 0.1) is 11.3 Å². The standard InChI is InChI=1S/C16H25Cl2N/c1-11(16(2,3)4)9-12(19-5)10-13-14(17)7-6-8-15(13)18/h6-8,11-12,19H,9-10H2,1-5H3. The van der Waals surface area contributed by atoms with Crippen molar-refractivity contribution in [3.8, 4) is 0 Å². The summed E-state index contributed by atoms with van der Waals surface area (Å²) in [5, 5.41) is 4.91. The van der Waals surface area contributed by atoms with E-state index < -0.39 is 0 Å². The highest BCUT2D eigenvalue weighted by atomic mass is 35.5. The normalized spacial score (nSPS) is 15.3. The predicted octanol–water partition coefficient (Wildman–Crippen LogP) is 5.20. The van der Waals surface area contributed by atoms with E-state index in [1.54, 1.807) is 0 Å². The predicted molar refractivity (Wildman–Crippen MR) is 86.2 cm³/mol. The van der Waals surface area contributed by atoms with Gasteiger partial charge in [0.1, 0.15) is 0 Å². The van der Waals surface area contributed by atoms with Gasteiger partial charge in [-0.25, -0.2) is 0 Å². The molecule has 3 heteroatoms. The Balaban J connectivity index is 2.78. The minimum absolute atomic E-state index is 0.319. The van der Waals surface area contributed by atoms with Gasteiger partial charge in [-0.3, -0.25) is 0 Å². The lowest BCUT2D eigenvalue weighted by atomic mass is 9.78. The van der Waals surface area contributed by atoms with Crippen LogP contribution in [-0.4, -0.2) is 13.1 Å². The van der Waals surface area contributed by atoms with E-state index in [9.17, 15) is 0 Å². The summed E-state index contributed by atoms with van der Waals surface area (Å²) in [5.74, 6) is 0.631. The Morgan fingerprint density at radius 1 is 1.16 bits per heavy atom. The van der Waals surface area contributed by atoms with E-state index in [2.05, 4.69) is 33.0 Å². The Morgan fingerprint density at radius 2 is 1.68 bits per heavy atom. The fraction of sp³-hybridized carbons (Fsp3) is 0.625. The molecule has 19 heavy (non-hydrogen) atoms. The minimum Gasteiger partial charge on any atom is -0.317 e. The molecule has 0 aliphatic carbocycles. The number of halogens is 2. The van der Waals surface area contributed by atoms with E-state index in [0.717, 1.165) is 28.5 Å². The Kier molecular flexibility index (Phi) is 6.16. The largest absolute Gasteiger partial charge is 0.317 e. The lowest BCUT2D eigenvalue weighted by Crippen LogP contribution is -2.33. The SMILES string of the molecule is CNC(Cc1c(Cl)cccc1Cl)CC(C)C(C)(C)C. The van der Waals surface area contributed by atoms with Crippen molar-refractivity contribution in [2.24, 2.45) is 11.3 Å². The fourth-order valence-electron chi connectivity index (χ4n) is 2.06. The molecule has 0 spiro atoms. The topological polar surface area (TPSA) is 12.0 Å². The zero-order valence-electron chi connectivity index (χ0n) is 12.6. The molecule has 1 N–H and O–H groups in total. The van der Waals surface area contributed by atoms with Gasteiger partial charge in [0.05, 0.1) is 0 Å². The lowest BCUT2D eigenvalue weighted by Gasteiger charge is -2.31. The van der Waals surface area contributed by atoms with Gasteiger partial charge in [-0.2, -0.15) is 0 Å². The smallest absolute Gasteiger partial charge is 0.0453 e. The molecule has 0 saturated heterocycles. The number of likely N-dealkylation sites (N-methyl/N-ethyl adjacent to an activating group) is 1. The van der Waals surface area contributed by atoms with Crippen molar-refractivity contribution < 1.29 is 0 Å². The van der Waals surface area contributed by atoms with Crippen LogP contribution in [0.25, 0.3) is 0 Å². The molecular weight excluding hydrogens is 277 g/mol. The highest BCUT2D eigenvalue weighted by Gasteiger charge is 2.23. The monoisotopic (exact) mass is 301 g/mol. The van der Waals surface area contributed by atoms with Gasteiger partial charge in [0.15, 0.2) is 0 Å². The van der Waals surface area contributed by atoms with Crippen LogP contribution in [-0.2, 0) is 6.42 Å². The Hall–Kier alpha value is -0.240. The van der Waals surface area contributed by atoms with Crippen LogP contribution in [0.4, 0.5) is 0 Å². The Labute approximate surface area is 127 Å². The van der Waals surface area contributed by atoms with Gasteiger partial charge >= 0.3 is 0 Å². The molecule has 0 saturated carbocycles. The van der Waals surface area contributed by atoms with E-state index in [0.29, 0.717) is 17.4 Å². The minimum atomic E-state index is 0.319. The van der Waals surface area contributed by atoms with Crippen molar-refractivity contribution in [3.05, 3.63) is 33.8 Å².